The Labute approximate surface area is 149 Å². The van der Waals surface area contributed by atoms with Gasteiger partial charge in [-0.05, 0) is 19.4 Å². The summed E-state index contributed by atoms with van der Waals surface area (Å²) in [4.78, 5) is 36.5. The van der Waals surface area contributed by atoms with Gasteiger partial charge in [0.2, 0.25) is 0 Å². The molecule has 0 spiro atoms. The van der Waals surface area contributed by atoms with Crippen LogP contribution in [0.15, 0.2) is 23.3 Å². The molecule has 8 nitrogen and oxygen atoms in total. The largest absolute Gasteiger partial charge is 0.433 e. The van der Waals surface area contributed by atoms with Crippen LogP contribution >= 0.6 is 0 Å². The van der Waals surface area contributed by atoms with Crippen molar-refractivity contribution in [1.29, 1.82) is 0 Å². The van der Waals surface area contributed by atoms with Crippen LogP contribution in [-0.4, -0.2) is 41.9 Å². The van der Waals surface area contributed by atoms with Crippen LogP contribution in [-0.2, 0) is 19.1 Å². The number of hydrogen-bond donors (Lipinski definition) is 1. The first-order valence-electron chi connectivity index (χ1n) is 8.03. The molecule has 4 heterocycles. The SMILES string of the molecule is Cc1cc(C(F)(F)F)n2nc(C(=O)N3CCc4c(nc[nH]c4=O)C3)cc2n1. The molecule has 140 valence electrons. The lowest BCUT2D eigenvalue weighted by Crippen LogP contribution is -2.39. The highest BCUT2D eigenvalue weighted by Gasteiger charge is 2.35. The lowest BCUT2D eigenvalue weighted by molar-refractivity contribution is -0.142. The highest BCUT2D eigenvalue weighted by atomic mass is 19.4. The molecule has 3 aromatic heterocycles. The fourth-order valence-corrected chi connectivity index (χ4v) is 3.11. The van der Waals surface area contributed by atoms with Crippen molar-refractivity contribution in [3.8, 4) is 0 Å². The van der Waals surface area contributed by atoms with Crippen LogP contribution in [0.2, 0.25) is 0 Å². The van der Waals surface area contributed by atoms with Gasteiger partial charge in [-0.3, -0.25) is 9.59 Å². The molecule has 1 aliphatic rings. The van der Waals surface area contributed by atoms with Crippen LogP contribution in [0, 0.1) is 6.92 Å². The average Bonchev–Trinajstić information content (AvgIpc) is 3.03. The minimum Gasteiger partial charge on any atom is -0.331 e. The number of fused-ring (bicyclic) bond motifs is 2. The van der Waals surface area contributed by atoms with Crippen molar-refractivity contribution in [3.05, 3.63) is 57.2 Å². The van der Waals surface area contributed by atoms with Gasteiger partial charge in [0.25, 0.3) is 11.5 Å². The molecule has 3 aromatic rings. The van der Waals surface area contributed by atoms with Crippen molar-refractivity contribution < 1.29 is 18.0 Å². The maximum Gasteiger partial charge on any atom is 0.433 e. The molecule has 4 rings (SSSR count). The Bertz CT molecular complexity index is 1120. The third kappa shape index (κ3) is 2.94. The standard InChI is InChI=1S/C16H13F3N6O2/c1-8-4-12(16(17,18)19)25-13(22-8)5-10(23-25)15(27)24-3-2-9-11(6-24)20-7-21-14(9)26/h4-5,7H,2-3,6H2,1H3,(H,20,21,26). The minimum absolute atomic E-state index is 0.0577. The molecule has 0 aromatic carbocycles. The van der Waals surface area contributed by atoms with Gasteiger partial charge >= 0.3 is 6.18 Å². The number of aryl methyl sites for hydroxylation is 1. The maximum atomic E-state index is 13.2. The van der Waals surface area contributed by atoms with Crippen LogP contribution in [0.25, 0.3) is 5.65 Å². The van der Waals surface area contributed by atoms with E-state index in [4.69, 9.17) is 0 Å². The summed E-state index contributed by atoms with van der Waals surface area (Å²) < 4.78 is 40.3. The summed E-state index contributed by atoms with van der Waals surface area (Å²) in [6.07, 6.45) is -3.07. The van der Waals surface area contributed by atoms with E-state index in [1.54, 1.807) is 0 Å². The number of aromatic amines is 1. The zero-order valence-corrected chi connectivity index (χ0v) is 14.0. The molecule has 0 atom stereocenters. The second-order valence-electron chi connectivity index (χ2n) is 6.21. The molecule has 0 saturated heterocycles. The number of aromatic nitrogens is 5. The second-order valence-corrected chi connectivity index (χ2v) is 6.21. The Morgan fingerprint density at radius 1 is 1.30 bits per heavy atom. The molecule has 0 unspecified atom stereocenters. The zero-order chi connectivity index (χ0) is 19.3. The Balaban J connectivity index is 1.71. The number of nitrogens with one attached hydrogen (secondary N) is 1. The topological polar surface area (TPSA) is 96.3 Å². The number of carbonyl (C=O) groups excluding carboxylic acids is 1. The van der Waals surface area contributed by atoms with Crippen molar-refractivity contribution in [2.24, 2.45) is 0 Å². The monoisotopic (exact) mass is 378 g/mol. The van der Waals surface area contributed by atoms with Gasteiger partial charge in [0.05, 0.1) is 18.6 Å². The van der Waals surface area contributed by atoms with Crippen LogP contribution < -0.4 is 5.56 Å². The highest BCUT2D eigenvalue weighted by Crippen LogP contribution is 2.30. The number of rotatable bonds is 1. The molecule has 11 heteroatoms. The van der Waals surface area contributed by atoms with Gasteiger partial charge in [0, 0.05) is 23.9 Å². The second kappa shape index (κ2) is 5.89. The summed E-state index contributed by atoms with van der Waals surface area (Å²) in [6.45, 7) is 1.77. The third-order valence-electron chi connectivity index (χ3n) is 4.36. The van der Waals surface area contributed by atoms with Gasteiger partial charge < -0.3 is 9.88 Å². The molecule has 0 bridgehead atoms. The molecule has 1 N–H and O–H groups in total. The van der Waals surface area contributed by atoms with E-state index in [-0.39, 0.29) is 35.7 Å². The van der Waals surface area contributed by atoms with E-state index in [1.165, 1.54) is 24.2 Å². The summed E-state index contributed by atoms with van der Waals surface area (Å²) in [5, 5.41) is 3.82. The first kappa shape index (κ1) is 17.2. The Morgan fingerprint density at radius 3 is 2.81 bits per heavy atom. The lowest BCUT2D eigenvalue weighted by Gasteiger charge is -2.26. The van der Waals surface area contributed by atoms with Gasteiger partial charge in [0.15, 0.2) is 11.3 Å². The van der Waals surface area contributed by atoms with Gasteiger partial charge in [-0.1, -0.05) is 0 Å². The number of carbonyl (C=O) groups is 1. The number of alkyl halides is 3. The summed E-state index contributed by atoms with van der Waals surface area (Å²) in [5.74, 6) is -0.543. The summed E-state index contributed by atoms with van der Waals surface area (Å²) in [6, 6.07) is 2.10. The van der Waals surface area contributed by atoms with Crippen molar-refractivity contribution in [2.75, 3.05) is 6.54 Å². The summed E-state index contributed by atoms with van der Waals surface area (Å²) >= 11 is 0. The van der Waals surface area contributed by atoms with E-state index in [9.17, 15) is 22.8 Å². The Hall–Kier alpha value is -3.24. The van der Waals surface area contributed by atoms with E-state index in [0.717, 1.165) is 6.07 Å². The van der Waals surface area contributed by atoms with Crippen LogP contribution in [0.4, 0.5) is 13.2 Å². The van der Waals surface area contributed by atoms with Crippen molar-refractivity contribution in [1.82, 2.24) is 29.5 Å². The van der Waals surface area contributed by atoms with Crippen LogP contribution in [0.5, 0.6) is 0 Å². The van der Waals surface area contributed by atoms with E-state index in [0.29, 0.717) is 22.2 Å². The fourth-order valence-electron chi connectivity index (χ4n) is 3.11. The van der Waals surface area contributed by atoms with Crippen LogP contribution in [0.1, 0.15) is 33.1 Å². The third-order valence-corrected chi connectivity index (χ3v) is 4.36. The molecule has 0 fully saturated rings. The van der Waals surface area contributed by atoms with Crippen molar-refractivity contribution in [2.45, 2.75) is 26.1 Å². The maximum absolute atomic E-state index is 13.2. The summed E-state index contributed by atoms with van der Waals surface area (Å²) in [5.41, 5.74) is -0.315. The van der Waals surface area contributed by atoms with Crippen molar-refractivity contribution >= 4 is 11.6 Å². The van der Waals surface area contributed by atoms with Gasteiger partial charge in [-0.2, -0.15) is 18.3 Å². The predicted molar refractivity (Wildman–Crippen MR) is 86.0 cm³/mol. The zero-order valence-electron chi connectivity index (χ0n) is 14.0. The first-order valence-corrected chi connectivity index (χ1v) is 8.03. The van der Waals surface area contributed by atoms with Crippen molar-refractivity contribution in [3.63, 3.8) is 0 Å². The predicted octanol–water partition coefficient (Wildman–Crippen LogP) is 1.34. The molecular weight excluding hydrogens is 365 g/mol. The lowest BCUT2D eigenvalue weighted by atomic mass is 10.1. The minimum atomic E-state index is -4.63. The molecule has 27 heavy (non-hydrogen) atoms. The highest BCUT2D eigenvalue weighted by molar-refractivity contribution is 5.93. The molecular formula is C16H13F3N6O2. The molecule has 1 aliphatic heterocycles. The van der Waals surface area contributed by atoms with E-state index in [1.807, 2.05) is 0 Å². The summed E-state index contributed by atoms with van der Waals surface area (Å²) in [7, 11) is 0. The number of H-pyrrole nitrogens is 1. The number of hydrogen-bond acceptors (Lipinski definition) is 5. The Morgan fingerprint density at radius 2 is 2.07 bits per heavy atom. The first-order chi connectivity index (χ1) is 12.7. The average molecular weight is 378 g/mol. The van der Waals surface area contributed by atoms with Gasteiger partial charge in [-0.25, -0.2) is 14.5 Å². The molecule has 0 aliphatic carbocycles. The number of halogens is 3. The molecule has 0 saturated carbocycles. The number of nitrogens with zero attached hydrogens (tertiary/aromatic N) is 5. The number of amides is 1. The fraction of sp³-hybridized carbons (Fsp3) is 0.312. The molecule has 1 amide bonds. The van der Waals surface area contributed by atoms with Crippen LogP contribution in [0.3, 0.4) is 0 Å². The Kier molecular flexibility index (Phi) is 3.75. The normalized spacial score (nSPS) is 14.4. The quantitative estimate of drug-likeness (QED) is 0.689. The molecule has 0 radical (unpaired) electrons. The smallest absolute Gasteiger partial charge is 0.331 e. The van der Waals surface area contributed by atoms with E-state index < -0.39 is 17.8 Å². The van der Waals surface area contributed by atoms with Gasteiger partial charge in [-0.15, -0.1) is 0 Å². The van der Waals surface area contributed by atoms with E-state index >= 15 is 0 Å². The van der Waals surface area contributed by atoms with E-state index in [2.05, 4.69) is 20.1 Å². The van der Waals surface area contributed by atoms with Gasteiger partial charge in [0.1, 0.15) is 5.69 Å².